The molecule has 1 aliphatic heterocycles. The smallest absolute Gasteiger partial charge is 0.0952 e. The Bertz CT molecular complexity index is 341. The second kappa shape index (κ2) is 6.74. The van der Waals surface area contributed by atoms with Gasteiger partial charge in [0.2, 0.25) is 0 Å². The van der Waals surface area contributed by atoms with Crippen molar-refractivity contribution in [1.82, 2.24) is 5.32 Å². The first-order valence-corrected chi connectivity index (χ1v) is 6.31. The first kappa shape index (κ1) is 12.6. The third-order valence-electron chi connectivity index (χ3n) is 3.12. The van der Waals surface area contributed by atoms with Gasteiger partial charge >= 0.3 is 0 Å². The molecule has 1 unspecified atom stereocenters. The van der Waals surface area contributed by atoms with Crippen molar-refractivity contribution >= 4 is 0 Å². The zero-order valence-corrected chi connectivity index (χ0v) is 10.4. The van der Waals surface area contributed by atoms with E-state index in [2.05, 4.69) is 29.6 Å². The molecule has 1 N–H and O–H groups in total. The third kappa shape index (κ3) is 3.53. The van der Waals surface area contributed by atoms with Gasteiger partial charge in [0.1, 0.15) is 0 Å². The maximum atomic E-state index is 5.82. The molecule has 1 aromatic carbocycles. The van der Waals surface area contributed by atoms with Gasteiger partial charge in [-0.3, -0.25) is 0 Å². The minimum absolute atomic E-state index is 0.211. The fraction of sp³-hybridized carbons (Fsp3) is 0.571. The summed E-state index contributed by atoms with van der Waals surface area (Å²) in [6.45, 7) is 3.52. The van der Waals surface area contributed by atoms with Crippen molar-refractivity contribution in [2.45, 2.75) is 18.9 Å². The lowest BCUT2D eigenvalue weighted by molar-refractivity contribution is 0.0423. The monoisotopic (exact) mass is 235 g/mol. The summed E-state index contributed by atoms with van der Waals surface area (Å²) in [7, 11) is 1.74. The SMILES string of the molecule is COCCCNCC1OCCc2ccccc21. The minimum atomic E-state index is 0.211. The Kier molecular flexibility index (Phi) is 4.98. The van der Waals surface area contributed by atoms with Crippen molar-refractivity contribution in [3.63, 3.8) is 0 Å². The molecular formula is C14H21NO2. The molecule has 1 atom stereocenters. The third-order valence-corrected chi connectivity index (χ3v) is 3.12. The van der Waals surface area contributed by atoms with E-state index in [-0.39, 0.29) is 6.10 Å². The molecule has 1 aromatic rings. The lowest BCUT2D eigenvalue weighted by Crippen LogP contribution is -2.28. The van der Waals surface area contributed by atoms with E-state index >= 15 is 0 Å². The summed E-state index contributed by atoms with van der Waals surface area (Å²) in [6, 6.07) is 8.57. The summed E-state index contributed by atoms with van der Waals surface area (Å²) in [5, 5.41) is 3.43. The Morgan fingerprint density at radius 1 is 1.41 bits per heavy atom. The number of benzene rings is 1. The molecule has 17 heavy (non-hydrogen) atoms. The van der Waals surface area contributed by atoms with Gasteiger partial charge in [-0.15, -0.1) is 0 Å². The van der Waals surface area contributed by atoms with Crippen molar-refractivity contribution in [2.75, 3.05) is 33.4 Å². The Morgan fingerprint density at radius 2 is 2.29 bits per heavy atom. The predicted molar refractivity (Wildman–Crippen MR) is 68.2 cm³/mol. The molecule has 0 aromatic heterocycles. The van der Waals surface area contributed by atoms with Gasteiger partial charge in [0, 0.05) is 20.3 Å². The summed E-state index contributed by atoms with van der Waals surface area (Å²) in [6.07, 6.45) is 2.30. The summed E-state index contributed by atoms with van der Waals surface area (Å²) < 4.78 is 10.8. The van der Waals surface area contributed by atoms with E-state index in [0.29, 0.717) is 0 Å². The second-order valence-electron chi connectivity index (χ2n) is 4.36. The van der Waals surface area contributed by atoms with Crippen LogP contribution in [0.3, 0.4) is 0 Å². The molecule has 1 aliphatic rings. The van der Waals surface area contributed by atoms with Crippen molar-refractivity contribution in [3.05, 3.63) is 35.4 Å². The first-order chi connectivity index (χ1) is 8.42. The number of hydrogen-bond donors (Lipinski definition) is 1. The van der Waals surface area contributed by atoms with Gasteiger partial charge in [-0.25, -0.2) is 0 Å². The second-order valence-corrected chi connectivity index (χ2v) is 4.36. The van der Waals surface area contributed by atoms with Gasteiger partial charge in [-0.1, -0.05) is 24.3 Å². The fourth-order valence-electron chi connectivity index (χ4n) is 2.22. The van der Waals surface area contributed by atoms with Crippen molar-refractivity contribution in [2.24, 2.45) is 0 Å². The highest BCUT2D eigenvalue weighted by atomic mass is 16.5. The van der Waals surface area contributed by atoms with Crippen LogP contribution in [0.2, 0.25) is 0 Å². The van der Waals surface area contributed by atoms with E-state index in [4.69, 9.17) is 9.47 Å². The molecule has 0 fully saturated rings. The Balaban J connectivity index is 1.82. The molecule has 0 radical (unpaired) electrons. The quantitative estimate of drug-likeness (QED) is 0.764. The van der Waals surface area contributed by atoms with Crippen LogP contribution in [0.1, 0.15) is 23.7 Å². The number of nitrogens with one attached hydrogen (secondary N) is 1. The zero-order valence-electron chi connectivity index (χ0n) is 10.4. The molecule has 0 saturated heterocycles. The lowest BCUT2D eigenvalue weighted by Gasteiger charge is -2.26. The topological polar surface area (TPSA) is 30.5 Å². The van der Waals surface area contributed by atoms with E-state index in [0.717, 1.165) is 39.1 Å². The van der Waals surface area contributed by atoms with Gasteiger partial charge in [-0.2, -0.15) is 0 Å². The van der Waals surface area contributed by atoms with Crippen LogP contribution in [0.15, 0.2) is 24.3 Å². The summed E-state index contributed by atoms with van der Waals surface area (Å²) in [5.74, 6) is 0. The van der Waals surface area contributed by atoms with E-state index in [1.54, 1.807) is 7.11 Å². The van der Waals surface area contributed by atoms with Crippen LogP contribution in [-0.2, 0) is 15.9 Å². The van der Waals surface area contributed by atoms with Gasteiger partial charge in [-0.05, 0) is 30.5 Å². The van der Waals surface area contributed by atoms with Crippen LogP contribution in [0, 0.1) is 0 Å². The number of fused-ring (bicyclic) bond motifs is 1. The normalized spacial score (nSPS) is 19.0. The summed E-state index contributed by atoms with van der Waals surface area (Å²) >= 11 is 0. The molecule has 3 heteroatoms. The molecule has 0 amide bonds. The molecule has 2 rings (SSSR count). The van der Waals surface area contributed by atoms with Crippen LogP contribution in [0.4, 0.5) is 0 Å². The van der Waals surface area contributed by atoms with E-state index in [9.17, 15) is 0 Å². The first-order valence-electron chi connectivity index (χ1n) is 6.31. The summed E-state index contributed by atoms with van der Waals surface area (Å²) in [4.78, 5) is 0. The highest BCUT2D eigenvalue weighted by Gasteiger charge is 2.19. The molecule has 0 bridgehead atoms. The van der Waals surface area contributed by atoms with Crippen LogP contribution in [0.25, 0.3) is 0 Å². The number of rotatable bonds is 6. The molecule has 0 spiro atoms. The maximum Gasteiger partial charge on any atom is 0.0952 e. The van der Waals surface area contributed by atoms with Crippen molar-refractivity contribution in [3.8, 4) is 0 Å². The average molecular weight is 235 g/mol. The Hall–Kier alpha value is -0.900. The summed E-state index contributed by atoms with van der Waals surface area (Å²) in [5.41, 5.74) is 2.78. The Labute approximate surface area is 103 Å². The van der Waals surface area contributed by atoms with E-state index in [1.165, 1.54) is 11.1 Å². The van der Waals surface area contributed by atoms with Crippen LogP contribution < -0.4 is 5.32 Å². The van der Waals surface area contributed by atoms with Crippen LogP contribution >= 0.6 is 0 Å². The van der Waals surface area contributed by atoms with Gasteiger partial charge in [0.05, 0.1) is 12.7 Å². The molecule has 1 heterocycles. The van der Waals surface area contributed by atoms with E-state index < -0.39 is 0 Å². The Morgan fingerprint density at radius 3 is 3.18 bits per heavy atom. The predicted octanol–water partition coefficient (Wildman–Crippen LogP) is 1.93. The van der Waals surface area contributed by atoms with Gasteiger partial charge in [0.25, 0.3) is 0 Å². The van der Waals surface area contributed by atoms with Crippen molar-refractivity contribution in [1.29, 1.82) is 0 Å². The zero-order chi connectivity index (χ0) is 11.9. The molecule has 0 aliphatic carbocycles. The highest BCUT2D eigenvalue weighted by Crippen LogP contribution is 2.25. The molecule has 0 saturated carbocycles. The van der Waals surface area contributed by atoms with Gasteiger partial charge in [0.15, 0.2) is 0 Å². The minimum Gasteiger partial charge on any atom is -0.385 e. The average Bonchev–Trinajstić information content (AvgIpc) is 2.39. The fourth-order valence-corrected chi connectivity index (χ4v) is 2.22. The van der Waals surface area contributed by atoms with Crippen LogP contribution in [-0.4, -0.2) is 33.4 Å². The number of methoxy groups -OCH3 is 1. The van der Waals surface area contributed by atoms with E-state index in [1.807, 2.05) is 0 Å². The molecule has 94 valence electrons. The van der Waals surface area contributed by atoms with Gasteiger partial charge < -0.3 is 14.8 Å². The molecular weight excluding hydrogens is 214 g/mol. The van der Waals surface area contributed by atoms with Crippen molar-refractivity contribution < 1.29 is 9.47 Å². The lowest BCUT2D eigenvalue weighted by atomic mass is 9.97. The largest absolute Gasteiger partial charge is 0.385 e. The number of hydrogen-bond acceptors (Lipinski definition) is 3. The number of ether oxygens (including phenoxy) is 2. The van der Waals surface area contributed by atoms with Crippen LogP contribution in [0.5, 0.6) is 0 Å². The standard InChI is InChI=1S/C14H21NO2/c1-16-9-4-8-15-11-14-13-6-3-2-5-12(13)7-10-17-14/h2-3,5-6,14-15H,4,7-11H2,1H3. The molecule has 3 nitrogen and oxygen atoms in total. The highest BCUT2D eigenvalue weighted by molar-refractivity contribution is 5.31. The maximum absolute atomic E-state index is 5.82.